The molecule has 0 radical (unpaired) electrons. The molecule has 0 aliphatic rings. The Morgan fingerprint density at radius 2 is 0.793 bits per heavy atom. The number of thiocarbonyl (C=S) groups is 2. The van der Waals surface area contributed by atoms with Crippen LogP contribution in [0.1, 0.15) is 79.1 Å². The second-order valence-electron chi connectivity index (χ2n) is 6.25. The third-order valence-electron chi connectivity index (χ3n) is 3.57. The van der Waals surface area contributed by atoms with Crippen LogP contribution in [0, 0.1) is 0 Å². The van der Waals surface area contributed by atoms with Crippen LogP contribution in [0.5, 0.6) is 0 Å². The molecule has 0 fully saturated rings. The number of nitrogens with zero attached hydrogens (tertiary/aromatic N) is 2. The molecule has 4 N–H and O–H groups in total. The Kier molecular flexibility index (Phi) is 31.6. The smallest absolute Gasteiger partial charge is 0.408 e. The first-order valence-electron chi connectivity index (χ1n) is 10.4. The van der Waals surface area contributed by atoms with Crippen LogP contribution < -0.4 is 21.7 Å². The molecule has 0 aromatic carbocycles. The van der Waals surface area contributed by atoms with Gasteiger partial charge in [0, 0.05) is 26.2 Å². The summed E-state index contributed by atoms with van der Waals surface area (Å²) in [5.41, 5.74) is 12.6. The van der Waals surface area contributed by atoms with Gasteiger partial charge in [-0.2, -0.15) is 0 Å². The summed E-state index contributed by atoms with van der Waals surface area (Å²) in [4.78, 5) is 0. The molecule has 168 valence electrons. The maximum Gasteiger partial charge on any atom is 2.00 e. The van der Waals surface area contributed by atoms with Crippen LogP contribution in [0.3, 0.4) is 0 Å². The molecule has 29 heavy (non-hydrogen) atoms. The minimum atomic E-state index is 0. The van der Waals surface area contributed by atoms with Crippen molar-refractivity contribution in [2.24, 2.45) is 0 Å². The van der Waals surface area contributed by atoms with Crippen molar-refractivity contribution >= 4 is 58.3 Å². The van der Waals surface area contributed by atoms with Crippen molar-refractivity contribution in [1.29, 1.82) is 0 Å². The van der Waals surface area contributed by atoms with Crippen molar-refractivity contribution in [2.75, 3.05) is 26.2 Å². The van der Waals surface area contributed by atoms with E-state index in [1.54, 1.807) is 10.2 Å². The molecule has 6 nitrogen and oxygen atoms in total. The Bertz CT molecular complexity index is 326. The third kappa shape index (κ3) is 24.8. The van der Waals surface area contributed by atoms with E-state index in [1.165, 1.54) is 25.7 Å². The molecule has 0 saturated heterocycles. The molecule has 0 aliphatic carbocycles. The van der Waals surface area contributed by atoms with Gasteiger partial charge in [0.05, 0.1) is 0 Å². The number of rotatable bonds is 16. The van der Waals surface area contributed by atoms with Crippen LogP contribution in [-0.4, -0.2) is 45.1 Å². The van der Waals surface area contributed by atoms with Gasteiger partial charge in [0.15, 0.2) is 0 Å². The van der Waals surface area contributed by atoms with Crippen LogP contribution in [0.25, 0.3) is 0 Å². The van der Waals surface area contributed by atoms with Gasteiger partial charge in [-0.05, 0) is 34.3 Å². The monoisotopic (exact) mass is 532 g/mol. The van der Waals surface area contributed by atoms with Gasteiger partial charge >= 0.3 is 19.5 Å². The van der Waals surface area contributed by atoms with Crippen LogP contribution >= 0.6 is 24.4 Å². The average molecular weight is 534 g/mol. The van der Waals surface area contributed by atoms with E-state index < -0.39 is 0 Å². The summed E-state index contributed by atoms with van der Waals surface area (Å²) in [6.07, 6.45) is 9.18. The van der Waals surface area contributed by atoms with Crippen molar-refractivity contribution in [2.45, 2.75) is 79.1 Å². The maximum absolute atomic E-state index is 4.93. The third-order valence-corrected chi connectivity index (χ3v) is 4.30. The van der Waals surface area contributed by atoms with E-state index >= 15 is 0 Å². The zero-order valence-electron chi connectivity index (χ0n) is 18.7. The van der Waals surface area contributed by atoms with Gasteiger partial charge in [0.25, 0.3) is 0 Å². The fourth-order valence-electron chi connectivity index (χ4n) is 1.84. The quantitative estimate of drug-likeness (QED) is 0.0780. The van der Waals surface area contributed by atoms with Crippen LogP contribution in [0.4, 0.5) is 0 Å². The van der Waals surface area contributed by atoms with E-state index in [9.17, 15) is 0 Å². The SMILES string of the molecule is CCCCNN(NCCCC)C(=S)[S-].CCCCNN(NCCCC)C(=S)[S-].[Zn+2]. The first-order chi connectivity index (χ1) is 13.4. The second kappa shape index (κ2) is 26.7. The van der Waals surface area contributed by atoms with E-state index in [-0.39, 0.29) is 19.5 Å². The largest absolute Gasteiger partial charge is 2.00 e. The summed E-state index contributed by atoms with van der Waals surface area (Å²) in [6, 6.07) is 0. The number of nitrogens with one attached hydrogen (secondary N) is 4. The summed E-state index contributed by atoms with van der Waals surface area (Å²) in [6.45, 7) is 12.3. The Hall–Kier alpha value is 0.683. The van der Waals surface area contributed by atoms with Gasteiger partial charge in [-0.15, -0.1) is 0 Å². The van der Waals surface area contributed by atoms with Crippen molar-refractivity contribution in [3.8, 4) is 0 Å². The van der Waals surface area contributed by atoms with Crippen molar-refractivity contribution in [1.82, 2.24) is 31.9 Å². The standard InChI is InChI=1S/2C9H21N3S2.Zn/c2*1-3-5-7-10-12(9(13)14)11-8-6-4-2;/h2*10-11H,3-8H2,1-2H3,(H,13,14);/q;;+2/p-2. The predicted octanol–water partition coefficient (Wildman–Crippen LogP) is 3.46. The molecule has 0 aromatic rings. The molecule has 11 heteroatoms. The van der Waals surface area contributed by atoms with Gasteiger partial charge in [-0.1, -0.05) is 53.4 Å². The van der Waals surface area contributed by atoms with E-state index in [0.29, 0.717) is 8.64 Å². The van der Waals surface area contributed by atoms with Gasteiger partial charge in [-0.3, -0.25) is 10.2 Å². The molecule has 0 bridgehead atoms. The van der Waals surface area contributed by atoms with E-state index in [1.807, 2.05) is 0 Å². The van der Waals surface area contributed by atoms with Gasteiger partial charge in [0.2, 0.25) is 0 Å². The summed E-state index contributed by atoms with van der Waals surface area (Å²) in [7, 11) is 0. The van der Waals surface area contributed by atoms with E-state index in [0.717, 1.165) is 51.9 Å². The van der Waals surface area contributed by atoms with Crippen molar-refractivity contribution in [3.63, 3.8) is 0 Å². The Labute approximate surface area is 213 Å². The fraction of sp³-hybridized carbons (Fsp3) is 0.889. The molecule has 0 saturated carbocycles. The zero-order valence-corrected chi connectivity index (χ0v) is 25.0. The van der Waals surface area contributed by atoms with Gasteiger partial charge in [0.1, 0.15) is 0 Å². The summed E-state index contributed by atoms with van der Waals surface area (Å²) in [5.74, 6) is 0. The molecule has 0 heterocycles. The molecule has 0 unspecified atom stereocenters. The Balaban J connectivity index is -0.000000451. The number of hydrogen-bond donors (Lipinski definition) is 4. The van der Waals surface area contributed by atoms with E-state index in [2.05, 4.69) is 49.4 Å². The number of hydrazine groups is 4. The topological polar surface area (TPSA) is 54.6 Å². The van der Waals surface area contributed by atoms with Crippen LogP contribution in [0.2, 0.25) is 0 Å². The number of unbranched alkanes of at least 4 members (excludes halogenated alkanes) is 4. The minimum absolute atomic E-state index is 0. The zero-order chi connectivity index (χ0) is 21.6. The summed E-state index contributed by atoms with van der Waals surface area (Å²) >= 11 is 19.7. The van der Waals surface area contributed by atoms with Crippen LogP contribution in [0.15, 0.2) is 0 Å². The Morgan fingerprint density at radius 3 is 0.931 bits per heavy atom. The molecule has 0 rings (SSSR count). The molecule has 0 atom stereocenters. The van der Waals surface area contributed by atoms with E-state index in [4.69, 9.17) is 49.7 Å². The molecular formula is C18H40N6S4Zn. The normalized spacial score (nSPS) is 9.79. The molecule has 0 aromatic heterocycles. The predicted molar refractivity (Wildman–Crippen MR) is 135 cm³/mol. The summed E-state index contributed by atoms with van der Waals surface area (Å²) in [5, 5.41) is 3.35. The molecule has 0 aliphatic heterocycles. The minimum Gasteiger partial charge on any atom is -0.408 e. The first-order valence-corrected chi connectivity index (χ1v) is 12.0. The second-order valence-corrected chi connectivity index (χ2v) is 8.31. The summed E-state index contributed by atoms with van der Waals surface area (Å²) < 4.78 is 0.856. The molecule has 0 amide bonds. The fourth-order valence-corrected chi connectivity index (χ4v) is 2.36. The van der Waals surface area contributed by atoms with Crippen LogP contribution in [-0.2, 0) is 44.7 Å². The number of hydrogen-bond acceptors (Lipinski definition) is 8. The average Bonchev–Trinajstić information content (AvgIpc) is 2.66. The first kappa shape index (κ1) is 34.3. The Morgan fingerprint density at radius 1 is 0.586 bits per heavy atom. The molecule has 0 spiro atoms. The van der Waals surface area contributed by atoms with Gasteiger partial charge in [-0.25, -0.2) is 21.7 Å². The van der Waals surface area contributed by atoms with Crippen molar-refractivity contribution in [3.05, 3.63) is 0 Å². The van der Waals surface area contributed by atoms with Gasteiger partial charge < -0.3 is 49.7 Å². The molecular weight excluding hydrogens is 494 g/mol. The van der Waals surface area contributed by atoms with Crippen molar-refractivity contribution < 1.29 is 19.5 Å². The maximum atomic E-state index is 4.93.